The molecule has 6 heteroatoms. The zero-order chi connectivity index (χ0) is 14.2. The van der Waals surface area contributed by atoms with Crippen LogP contribution in [0.15, 0.2) is 52.0 Å². The summed E-state index contributed by atoms with van der Waals surface area (Å²) in [5, 5.41) is 6.15. The monoisotopic (exact) mass is 270 g/mol. The van der Waals surface area contributed by atoms with Crippen molar-refractivity contribution in [2.45, 2.75) is 13.0 Å². The van der Waals surface area contributed by atoms with E-state index in [0.717, 1.165) is 12.0 Å². The molecular formula is C14H14N4O2. The number of rotatable bonds is 6. The Morgan fingerprint density at radius 3 is 2.80 bits per heavy atom. The second-order valence-corrected chi connectivity index (χ2v) is 4.15. The van der Waals surface area contributed by atoms with Crippen LogP contribution in [-0.4, -0.2) is 12.5 Å². The van der Waals surface area contributed by atoms with Crippen LogP contribution in [0.2, 0.25) is 0 Å². The number of hydrogen-bond acceptors (Lipinski definition) is 3. The Hall–Kier alpha value is -2.72. The molecule has 0 aliphatic heterocycles. The van der Waals surface area contributed by atoms with Gasteiger partial charge in [0.25, 0.3) is 5.91 Å². The predicted molar refractivity (Wildman–Crippen MR) is 74.0 cm³/mol. The molecule has 0 aliphatic rings. The van der Waals surface area contributed by atoms with Crippen LogP contribution < -0.4 is 5.32 Å². The summed E-state index contributed by atoms with van der Waals surface area (Å²) in [4.78, 5) is 14.4. The van der Waals surface area contributed by atoms with Gasteiger partial charge in [-0.15, -0.1) is 0 Å². The molecule has 0 bridgehead atoms. The van der Waals surface area contributed by atoms with Gasteiger partial charge in [0.05, 0.1) is 6.54 Å². The Kier molecular flexibility index (Phi) is 4.81. The maximum absolute atomic E-state index is 11.8. The molecule has 0 radical (unpaired) electrons. The van der Waals surface area contributed by atoms with Crippen LogP contribution in [-0.2, 0) is 13.0 Å². The first-order valence-electron chi connectivity index (χ1n) is 6.21. The smallest absolute Gasteiger partial charge is 0.287 e. The molecule has 0 aliphatic carbocycles. The lowest BCUT2D eigenvalue weighted by Crippen LogP contribution is -2.25. The molecule has 1 aromatic heterocycles. The molecule has 0 spiro atoms. The normalized spacial score (nSPS) is 9.80. The number of carbonyl (C=O) groups is 1. The van der Waals surface area contributed by atoms with E-state index in [-0.39, 0.29) is 18.2 Å². The van der Waals surface area contributed by atoms with Crippen molar-refractivity contribution in [1.82, 2.24) is 5.32 Å². The second kappa shape index (κ2) is 7.01. The first-order chi connectivity index (χ1) is 9.79. The van der Waals surface area contributed by atoms with Gasteiger partial charge in [-0.3, -0.25) is 4.79 Å². The van der Waals surface area contributed by atoms with Crippen LogP contribution in [0.3, 0.4) is 0 Å². The molecule has 1 amide bonds. The third-order valence-corrected chi connectivity index (χ3v) is 2.72. The number of azide groups is 1. The van der Waals surface area contributed by atoms with Gasteiger partial charge in [-0.25, -0.2) is 0 Å². The lowest BCUT2D eigenvalue weighted by Gasteiger charge is -2.03. The van der Waals surface area contributed by atoms with Gasteiger partial charge in [0.1, 0.15) is 5.76 Å². The van der Waals surface area contributed by atoms with E-state index in [1.165, 1.54) is 0 Å². The number of amides is 1. The van der Waals surface area contributed by atoms with Crippen molar-refractivity contribution in [2.75, 3.05) is 6.54 Å². The van der Waals surface area contributed by atoms with Crippen molar-refractivity contribution in [3.05, 3.63) is 70.0 Å². The number of benzene rings is 1. The molecule has 2 aromatic rings. The molecule has 0 saturated heterocycles. The highest BCUT2D eigenvalue weighted by Crippen LogP contribution is 2.09. The van der Waals surface area contributed by atoms with E-state index in [9.17, 15) is 4.79 Å². The molecule has 1 aromatic carbocycles. The van der Waals surface area contributed by atoms with E-state index in [1.807, 2.05) is 30.3 Å². The van der Waals surface area contributed by atoms with E-state index in [4.69, 9.17) is 9.95 Å². The molecule has 0 fully saturated rings. The van der Waals surface area contributed by atoms with Crippen molar-refractivity contribution < 1.29 is 9.21 Å². The molecule has 0 atom stereocenters. The van der Waals surface area contributed by atoms with Crippen molar-refractivity contribution >= 4 is 5.91 Å². The van der Waals surface area contributed by atoms with E-state index in [1.54, 1.807) is 12.1 Å². The summed E-state index contributed by atoms with van der Waals surface area (Å²) in [7, 11) is 0. The van der Waals surface area contributed by atoms with Crippen LogP contribution in [0, 0.1) is 0 Å². The predicted octanol–water partition coefficient (Wildman–Crippen LogP) is 3.06. The van der Waals surface area contributed by atoms with Gasteiger partial charge in [0.15, 0.2) is 5.76 Å². The van der Waals surface area contributed by atoms with E-state index >= 15 is 0 Å². The average Bonchev–Trinajstić information content (AvgIpc) is 2.95. The van der Waals surface area contributed by atoms with Gasteiger partial charge in [0, 0.05) is 11.5 Å². The average molecular weight is 270 g/mol. The molecule has 0 unspecified atom stereocenters. The van der Waals surface area contributed by atoms with Crippen LogP contribution in [0.4, 0.5) is 0 Å². The Morgan fingerprint density at radius 1 is 1.25 bits per heavy atom. The molecule has 102 valence electrons. The third kappa shape index (κ3) is 3.90. The van der Waals surface area contributed by atoms with Crippen molar-refractivity contribution in [2.24, 2.45) is 5.11 Å². The summed E-state index contributed by atoms with van der Waals surface area (Å²) < 4.78 is 5.27. The second-order valence-electron chi connectivity index (χ2n) is 4.15. The van der Waals surface area contributed by atoms with Gasteiger partial charge >= 0.3 is 0 Å². The van der Waals surface area contributed by atoms with Crippen LogP contribution in [0.5, 0.6) is 0 Å². The molecule has 1 heterocycles. The lowest BCUT2D eigenvalue weighted by atomic mass is 10.1. The molecule has 2 rings (SSSR count). The molecular weight excluding hydrogens is 256 g/mol. The zero-order valence-electron chi connectivity index (χ0n) is 10.8. The molecule has 0 saturated carbocycles. The number of carbonyl (C=O) groups excluding carboxylic acids is 1. The maximum atomic E-state index is 11.8. The summed E-state index contributed by atoms with van der Waals surface area (Å²) in [6.07, 6.45) is 0.763. The molecule has 6 nitrogen and oxygen atoms in total. The first-order valence-corrected chi connectivity index (χ1v) is 6.21. The standard InChI is InChI=1S/C14H14N4O2/c15-18-17-10-12-6-7-13(20-12)14(19)16-9-8-11-4-2-1-3-5-11/h1-7H,8-10H2,(H,16,19). The summed E-state index contributed by atoms with van der Waals surface area (Å²) in [6, 6.07) is 13.1. The maximum Gasteiger partial charge on any atom is 0.287 e. The fraction of sp³-hybridized carbons (Fsp3) is 0.214. The first kappa shape index (κ1) is 13.7. The third-order valence-electron chi connectivity index (χ3n) is 2.72. The largest absolute Gasteiger partial charge is 0.456 e. The van der Waals surface area contributed by atoms with Crippen molar-refractivity contribution in [1.29, 1.82) is 0 Å². The van der Waals surface area contributed by atoms with Gasteiger partial charge in [0.2, 0.25) is 0 Å². The minimum Gasteiger partial charge on any atom is -0.456 e. The summed E-state index contributed by atoms with van der Waals surface area (Å²) in [6.45, 7) is 0.642. The Balaban J connectivity index is 1.82. The van der Waals surface area contributed by atoms with E-state index in [2.05, 4.69) is 15.3 Å². The van der Waals surface area contributed by atoms with Crippen LogP contribution in [0.1, 0.15) is 21.9 Å². The Bertz CT molecular complexity index is 615. The zero-order valence-corrected chi connectivity index (χ0v) is 10.8. The van der Waals surface area contributed by atoms with Gasteiger partial charge in [-0.05, 0) is 29.6 Å². The SMILES string of the molecule is [N-]=[N+]=NCc1ccc(C(=O)NCCc2ccccc2)o1. The van der Waals surface area contributed by atoms with E-state index in [0.29, 0.717) is 12.3 Å². The fourth-order valence-corrected chi connectivity index (χ4v) is 1.74. The Labute approximate surface area is 116 Å². The van der Waals surface area contributed by atoms with Crippen LogP contribution in [0.25, 0.3) is 10.4 Å². The van der Waals surface area contributed by atoms with Crippen molar-refractivity contribution in [3.63, 3.8) is 0 Å². The minimum absolute atomic E-state index is 0.105. The highest BCUT2D eigenvalue weighted by atomic mass is 16.4. The fourth-order valence-electron chi connectivity index (χ4n) is 1.74. The quantitative estimate of drug-likeness (QED) is 0.496. The summed E-state index contributed by atoms with van der Waals surface area (Å²) in [5.74, 6) is 0.422. The van der Waals surface area contributed by atoms with Crippen LogP contribution >= 0.6 is 0 Å². The highest BCUT2D eigenvalue weighted by molar-refractivity contribution is 5.91. The minimum atomic E-state index is -0.270. The summed E-state index contributed by atoms with van der Waals surface area (Å²) >= 11 is 0. The molecule has 1 N–H and O–H groups in total. The highest BCUT2D eigenvalue weighted by Gasteiger charge is 2.10. The molecule has 20 heavy (non-hydrogen) atoms. The summed E-state index contributed by atoms with van der Waals surface area (Å²) in [5.41, 5.74) is 9.37. The number of nitrogens with zero attached hydrogens (tertiary/aromatic N) is 3. The van der Waals surface area contributed by atoms with Crippen molar-refractivity contribution in [3.8, 4) is 0 Å². The number of furan rings is 1. The van der Waals surface area contributed by atoms with Gasteiger partial charge in [-0.2, -0.15) is 0 Å². The number of hydrogen-bond donors (Lipinski definition) is 1. The van der Waals surface area contributed by atoms with E-state index < -0.39 is 0 Å². The topological polar surface area (TPSA) is 91.0 Å². The van der Waals surface area contributed by atoms with Gasteiger partial charge < -0.3 is 9.73 Å². The lowest BCUT2D eigenvalue weighted by molar-refractivity contribution is 0.0924. The van der Waals surface area contributed by atoms with Gasteiger partial charge in [-0.1, -0.05) is 35.4 Å². The number of nitrogens with one attached hydrogen (secondary N) is 1. The Morgan fingerprint density at radius 2 is 2.05 bits per heavy atom.